The van der Waals surface area contributed by atoms with Gasteiger partial charge in [-0.05, 0) is 46.2 Å². The van der Waals surface area contributed by atoms with Gasteiger partial charge in [0.25, 0.3) is 0 Å². The molecule has 130 valence electrons. The smallest absolute Gasteiger partial charge is 0.307 e. The number of nitrogens with zero attached hydrogens (tertiary/aromatic N) is 1. The Balaban J connectivity index is 2.24. The number of carbonyl (C=O) groups excluding carboxylic acids is 1. The van der Waals surface area contributed by atoms with Crippen LogP contribution in [0.3, 0.4) is 0 Å². The van der Waals surface area contributed by atoms with Crippen LogP contribution in [0.25, 0.3) is 0 Å². The molecule has 0 saturated carbocycles. The standard InChI is InChI=1S/C17H34N2O3/c1-5-17(4,14(3)20)13-18-15-7-10-19(11-8-15)12-9-16(21)22-6-2/h14-15,18,20H,5-13H2,1-4H3/t14-,17+/m1/s1. The zero-order valence-corrected chi connectivity index (χ0v) is 14.7. The van der Waals surface area contributed by atoms with E-state index in [2.05, 4.69) is 24.1 Å². The van der Waals surface area contributed by atoms with E-state index in [1.165, 1.54) is 0 Å². The maximum Gasteiger partial charge on any atom is 0.307 e. The second kappa shape index (κ2) is 9.48. The molecule has 0 aromatic rings. The summed E-state index contributed by atoms with van der Waals surface area (Å²) in [4.78, 5) is 13.7. The van der Waals surface area contributed by atoms with E-state index >= 15 is 0 Å². The summed E-state index contributed by atoms with van der Waals surface area (Å²) in [5.41, 5.74) is -0.0545. The molecule has 1 saturated heterocycles. The third kappa shape index (κ3) is 6.23. The first-order chi connectivity index (χ1) is 10.4. The summed E-state index contributed by atoms with van der Waals surface area (Å²) in [7, 11) is 0. The lowest BCUT2D eigenvalue weighted by atomic mass is 9.82. The van der Waals surface area contributed by atoms with E-state index in [0.29, 0.717) is 19.1 Å². The van der Waals surface area contributed by atoms with Crippen LogP contribution in [0.2, 0.25) is 0 Å². The van der Waals surface area contributed by atoms with Crippen LogP contribution < -0.4 is 5.32 Å². The fraction of sp³-hybridized carbons (Fsp3) is 0.941. The van der Waals surface area contributed by atoms with Crippen LogP contribution in [0.1, 0.15) is 53.4 Å². The van der Waals surface area contributed by atoms with Crippen LogP contribution >= 0.6 is 0 Å². The van der Waals surface area contributed by atoms with Crippen molar-refractivity contribution in [3.63, 3.8) is 0 Å². The summed E-state index contributed by atoms with van der Waals surface area (Å²) in [6.07, 6.45) is 3.36. The van der Waals surface area contributed by atoms with Gasteiger partial charge in [-0.1, -0.05) is 13.8 Å². The monoisotopic (exact) mass is 314 g/mol. The Kier molecular flexibility index (Phi) is 8.36. The third-order valence-corrected chi connectivity index (χ3v) is 5.14. The van der Waals surface area contributed by atoms with E-state index in [1.807, 2.05) is 13.8 Å². The van der Waals surface area contributed by atoms with Crippen molar-refractivity contribution < 1.29 is 14.6 Å². The first-order valence-electron chi connectivity index (χ1n) is 8.70. The van der Waals surface area contributed by atoms with E-state index in [0.717, 1.165) is 45.4 Å². The summed E-state index contributed by atoms with van der Waals surface area (Å²) >= 11 is 0. The average molecular weight is 314 g/mol. The summed E-state index contributed by atoms with van der Waals surface area (Å²) < 4.78 is 4.96. The van der Waals surface area contributed by atoms with Gasteiger partial charge in [0.2, 0.25) is 0 Å². The van der Waals surface area contributed by atoms with Gasteiger partial charge in [0.05, 0.1) is 19.1 Å². The molecule has 2 N–H and O–H groups in total. The number of aliphatic hydroxyl groups excluding tert-OH is 1. The first-order valence-corrected chi connectivity index (χ1v) is 8.70. The molecule has 0 bridgehead atoms. The molecular weight excluding hydrogens is 280 g/mol. The number of rotatable bonds is 9. The number of esters is 1. The second-order valence-corrected chi connectivity index (χ2v) is 6.74. The maximum atomic E-state index is 11.4. The van der Waals surface area contributed by atoms with E-state index < -0.39 is 0 Å². The molecule has 0 aliphatic carbocycles. The molecule has 1 aliphatic rings. The zero-order chi connectivity index (χ0) is 16.6. The molecule has 0 spiro atoms. The molecule has 1 fully saturated rings. The Morgan fingerprint density at radius 3 is 2.55 bits per heavy atom. The number of ether oxygens (including phenoxy) is 1. The molecule has 5 heteroatoms. The van der Waals surface area contributed by atoms with Crippen LogP contribution in [-0.2, 0) is 9.53 Å². The summed E-state index contributed by atoms with van der Waals surface area (Å²) in [5.74, 6) is -0.0987. The minimum atomic E-state index is -0.297. The van der Waals surface area contributed by atoms with Gasteiger partial charge in [-0.15, -0.1) is 0 Å². The molecule has 0 aromatic heterocycles. The van der Waals surface area contributed by atoms with Crippen molar-refractivity contribution in [2.75, 3.05) is 32.8 Å². The molecule has 1 rings (SSSR count). The Hall–Kier alpha value is -0.650. The van der Waals surface area contributed by atoms with Gasteiger partial charge in [-0.3, -0.25) is 4.79 Å². The number of likely N-dealkylation sites (tertiary alicyclic amines) is 1. The highest BCUT2D eigenvalue weighted by molar-refractivity contribution is 5.69. The molecule has 0 radical (unpaired) electrons. The van der Waals surface area contributed by atoms with Crippen molar-refractivity contribution in [2.45, 2.75) is 65.5 Å². The fourth-order valence-corrected chi connectivity index (χ4v) is 2.79. The predicted molar refractivity (Wildman–Crippen MR) is 88.8 cm³/mol. The van der Waals surface area contributed by atoms with E-state index in [1.54, 1.807) is 0 Å². The van der Waals surface area contributed by atoms with Gasteiger partial charge < -0.3 is 20.1 Å². The topological polar surface area (TPSA) is 61.8 Å². The molecule has 5 nitrogen and oxygen atoms in total. The van der Waals surface area contributed by atoms with Crippen molar-refractivity contribution in [2.24, 2.45) is 5.41 Å². The lowest BCUT2D eigenvalue weighted by Crippen LogP contribution is -2.48. The van der Waals surface area contributed by atoms with Crippen LogP contribution in [0.4, 0.5) is 0 Å². The molecule has 0 amide bonds. The van der Waals surface area contributed by atoms with Gasteiger partial charge >= 0.3 is 5.97 Å². The lowest BCUT2D eigenvalue weighted by Gasteiger charge is -2.37. The third-order valence-electron chi connectivity index (χ3n) is 5.14. The highest BCUT2D eigenvalue weighted by Gasteiger charge is 2.29. The van der Waals surface area contributed by atoms with Crippen molar-refractivity contribution in [3.8, 4) is 0 Å². The first kappa shape index (κ1) is 19.4. The Morgan fingerprint density at radius 1 is 1.41 bits per heavy atom. The zero-order valence-electron chi connectivity index (χ0n) is 14.7. The molecular formula is C17H34N2O3. The van der Waals surface area contributed by atoms with E-state index in [4.69, 9.17) is 4.74 Å². The van der Waals surface area contributed by atoms with Gasteiger partial charge in [0, 0.05) is 24.5 Å². The fourth-order valence-electron chi connectivity index (χ4n) is 2.79. The summed E-state index contributed by atoms with van der Waals surface area (Å²) in [6, 6.07) is 0.517. The molecule has 1 heterocycles. The average Bonchev–Trinajstić information content (AvgIpc) is 2.51. The van der Waals surface area contributed by atoms with Crippen LogP contribution in [0.5, 0.6) is 0 Å². The minimum absolute atomic E-state index is 0.0545. The number of aliphatic hydroxyl groups is 1. The predicted octanol–water partition coefficient (Wildman–Crippen LogP) is 1.79. The van der Waals surface area contributed by atoms with Crippen molar-refractivity contribution in [1.29, 1.82) is 0 Å². The summed E-state index contributed by atoms with van der Waals surface area (Å²) in [5, 5.41) is 13.5. The molecule has 0 aromatic carbocycles. The molecule has 0 unspecified atom stereocenters. The van der Waals surface area contributed by atoms with Gasteiger partial charge in [0.15, 0.2) is 0 Å². The lowest BCUT2D eigenvalue weighted by molar-refractivity contribution is -0.143. The van der Waals surface area contributed by atoms with Crippen LogP contribution in [-0.4, -0.2) is 60.9 Å². The molecule has 1 aliphatic heterocycles. The SMILES string of the molecule is CCOC(=O)CCN1CCC(NC[C@](C)(CC)[C@@H](C)O)CC1. The van der Waals surface area contributed by atoms with Crippen molar-refractivity contribution in [1.82, 2.24) is 10.2 Å². The van der Waals surface area contributed by atoms with E-state index in [9.17, 15) is 9.90 Å². The van der Waals surface area contributed by atoms with Crippen molar-refractivity contribution >= 4 is 5.97 Å². The summed E-state index contributed by atoms with van der Waals surface area (Å²) in [6.45, 7) is 12.1. The number of piperidine rings is 1. The van der Waals surface area contributed by atoms with Gasteiger partial charge in [-0.25, -0.2) is 0 Å². The number of carbonyl (C=O) groups is 1. The molecule has 22 heavy (non-hydrogen) atoms. The Labute approximate surface area is 135 Å². The number of hydrogen-bond donors (Lipinski definition) is 2. The Morgan fingerprint density at radius 2 is 2.05 bits per heavy atom. The maximum absolute atomic E-state index is 11.4. The Bertz CT molecular complexity index is 328. The quantitative estimate of drug-likeness (QED) is 0.635. The largest absolute Gasteiger partial charge is 0.466 e. The van der Waals surface area contributed by atoms with Crippen LogP contribution in [0, 0.1) is 5.41 Å². The van der Waals surface area contributed by atoms with Gasteiger partial charge in [0.1, 0.15) is 0 Å². The molecule has 2 atom stereocenters. The minimum Gasteiger partial charge on any atom is -0.466 e. The number of nitrogens with one attached hydrogen (secondary N) is 1. The highest BCUT2D eigenvalue weighted by atomic mass is 16.5. The normalized spacial score (nSPS) is 21.3. The second-order valence-electron chi connectivity index (χ2n) is 6.74. The highest BCUT2D eigenvalue weighted by Crippen LogP contribution is 2.25. The number of hydrogen-bond acceptors (Lipinski definition) is 5. The van der Waals surface area contributed by atoms with Gasteiger partial charge in [-0.2, -0.15) is 0 Å². The van der Waals surface area contributed by atoms with Crippen molar-refractivity contribution in [3.05, 3.63) is 0 Å². The van der Waals surface area contributed by atoms with Crippen LogP contribution in [0.15, 0.2) is 0 Å². The van der Waals surface area contributed by atoms with E-state index in [-0.39, 0.29) is 17.5 Å².